The molecule has 1 aliphatic heterocycles. The van der Waals surface area contributed by atoms with Crippen LogP contribution in [0.1, 0.15) is 42.7 Å². The molecule has 1 aliphatic carbocycles. The number of ketones is 1. The van der Waals surface area contributed by atoms with Crippen LogP contribution in [0.25, 0.3) is 10.8 Å². The molecule has 1 heterocycles. The molecule has 0 radical (unpaired) electrons. The van der Waals surface area contributed by atoms with Crippen LogP contribution in [0.4, 0.5) is 0 Å². The monoisotopic (exact) mass is 425 g/mol. The maximum Gasteiger partial charge on any atom is 0.334 e. The van der Waals surface area contributed by atoms with Crippen LogP contribution in [0, 0.1) is 0 Å². The van der Waals surface area contributed by atoms with Gasteiger partial charge in [0.15, 0.2) is 5.78 Å². The Morgan fingerprint density at radius 3 is 2.47 bits per heavy atom. The van der Waals surface area contributed by atoms with Crippen LogP contribution in [0.5, 0.6) is 5.75 Å². The van der Waals surface area contributed by atoms with Gasteiger partial charge in [-0.05, 0) is 53.3 Å². The van der Waals surface area contributed by atoms with Crippen molar-refractivity contribution in [2.24, 2.45) is 0 Å². The summed E-state index contributed by atoms with van der Waals surface area (Å²) < 4.78 is 0. The second kappa shape index (κ2) is 7.68. The molecule has 2 unspecified atom stereocenters. The van der Waals surface area contributed by atoms with E-state index in [-0.39, 0.29) is 23.0 Å². The summed E-state index contributed by atoms with van der Waals surface area (Å²) in [5.41, 5.74) is 3.65. The highest BCUT2D eigenvalue weighted by Crippen LogP contribution is 2.46. The minimum atomic E-state index is -1.07. The van der Waals surface area contributed by atoms with Gasteiger partial charge in [0.1, 0.15) is 5.75 Å². The van der Waals surface area contributed by atoms with E-state index < -0.39 is 11.9 Å². The maximum atomic E-state index is 13.4. The number of dihydropyridines is 1. The van der Waals surface area contributed by atoms with Crippen molar-refractivity contribution in [2.75, 3.05) is 0 Å². The van der Waals surface area contributed by atoms with Crippen LogP contribution in [0.15, 0.2) is 89.3 Å². The lowest BCUT2D eigenvalue weighted by molar-refractivity contribution is -0.133. The minimum absolute atomic E-state index is 0.0161. The summed E-state index contributed by atoms with van der Waals surface area (Å²) in [7, 11) is 0. The standard InChI is InChI=1S/C27H23NO4/c1-15-24(27(31)32)25(19-7-4-8-21(29)12-19)26-22(28-15)13-20(14-23(26)30)18-10-9-16-5-2-3-6-17(16)11-18/h2-12,20,25,28-29H,13-14H2,1H3,(H,31,32). The van der Waals surface area contributed by atoms with E-state index in [4.69, 9.17) is 0 Å². The lowest BCUT2D eigenvalue weighted by Crippen LogP contribution is -2.35. The lowest BCUT2D eigenvalue weighted by atomic mass is 9.71. The molecule has 0 saturated carbocycles. The first-order valence-corrected chi connectivity index (χ1v) is 10.7. The van der Waals surface area contributed by atoms with Gasteiger partial charge in [0.05, 0.1) is 5.57 Å². The third-order valence-corrected chi connectivity index (χ3v) is 6.51. The number of aromatic hydroxyl groups is 1. The fraction of sp³-hybridized carbons (Fsp3) is 0.185. The average molecular weight is 425 g/mol. The quantitative estimate of drug-likeness (QED) is 0.550. The van der Waals surface area contributed by atoms with Crippen molar-refractivity contribution in [3.05, 3.63) is 100 Å². The van der Waals surface area contributed by atoms with Gasteiger partial charge < -0.3 is 15.5 Å². The molecule has 0 saturated heterocycles. The highest BCUT2D eigenvalue weighted by atomic mass is 16.4. The highest BCUT2D eigenvalue weighted by Gasteiger charge is 2.41. The number of phenols is 1. The van der Waals surface area contributed by atoms with Crippen molar-refractivity contribution in [2.45, 2.75) is 31.6 Å². The molecule has 0 aromatic heterocycles. The SMILES string of the molecule is CC1=C(C(=O)O)C(c2cccc(O)c2)C2=C(CC(c3ccc4ccccc4c3)CC2=O)N1. The van der Waals surface area contributed by atoms with Gasteiger partial charge in [-0.3, -0.25) is 4.79 Å². The molecule has 5 heteroatoms. The molecule has 3 aromatic carbocycles. The zero-order chi connectivity index (χ0) is 22.4. The van der Waals surface area contributed by atoms with E-state index in [9.17, 15) is 19.8 Å². The maximum absolute atomic E-state index is 13.4. The van der Waals surface area contributed by atoms with Gasteiger partial charge >= 0.3 is 5.97 Å². The molecule has 0 fully saturated rings. The molecule has 3 N–H and O–H groups in total. The predicted molar refractivity (Wildman–Crippen MR) is 122 cm³/mol. The summed E-state index contributed by atoms with van der Waals surface area (Å²) in [6.07, 6.45) is 0.944. The van der Waals surface area contributed by atoms with E-state index >= 15 is 0 Å². The van der Waals surface area contributed by atoms with Crippen molar-refractivity contribution in [3.63, 3.8) is 0 Å². The van der Waals surface area contributed by atoms with E-state index in [1.807, 2.05) is 12.1 Å². The zero-order valence-corrected chi connectivity index (χ0v) is 17.6. The van der Waals surface area contributed by atoms with Gasteiger partial charge in [0.2, 0.25) is 0 Å². The number of hydrogen-bond acceptors (Lipinski definition) is 4. The smallest absolute Gasteiger partial charge is 0.334 e. The van der Waals surface area contributed by atoms with Gasteiger partial charge in [-0.25, -0.2) is 4.79 Å². The number of carbonyl (C=O) groups is 2. The predicted octanol–water partition coefficient (Wildman–Crippen LogP) is 4.99. The molecule has 5 nitrogen and oxygen atoms in total. The van der Waals surface area contributed by atoms with Crippen molar-refractivity contribution >= 4 is 22.5 Å². The van der Waals surface area contributed by atoms with E-state index in [1.54, 1.807) is 25.1 Å². The van der Waals surface area contributed by atoms with E-state index in [0.717, 1.165) is 22.0 Å². The van der Waals surface area contributed by atoms with Crippen LogP contribution in [-0.2, 0) is 9.59 Å². The number of phenolic OH excluding ortho intramolecular Hbond substituents is 1. The van der Waals surface area contributed by atoms with Crippen LogP contribution < -0.4 is 5.32 Å². The van der Waals surface area contributed by atoms with Crippen LogP contribution in [0.3, 0.4) is 0 Å². The molecule has 5 rings (SSSR count). The van der Waals surface area contributed by atoms with Crippen molar-refractivity contribution in [1.82, 2.24) is 5.32 Å². The second-order valence-corrected chi connectivity index (χ2v) is 8.52. The molecule has 160 valence electrons. The van der Waals surface area contributed by atoms with Crippen LogP contribution in [0.2, 0.25) is 0 Å². The summed E-state index contributed by atoms with van der Waals surface area (Å²) in [6, 6.07) is 21.0. The summed E-state index contributed by atoms with van der Waals surface area (Å²) in [6.45, 7) is 1.73. The topological polar surface area (TPSA) is 86.6 Å². The first-order chi connectivity index (χ1) is 15.4. The number of carbonyl (C=O) groups excluding carboxylic acids is 1. The Morgan fingerprint density at radius 2 is 1.72 bits per heavy atom. The number of hydrogen-bond donors (Lipinski definition) is 3. The van der Waals surface area contributed by atoms with Crippen molar-refractivity contribution < 1.29 is 19.8 Å². The second-order valence-electron chi connectivity index (χ2n) is 8.52. The molecule has 32 heavy (non-hydrogen) atoms. The fourth-order valence-electron chi connectivity index (χ4n) is 5.06. The molecule has 0 bridgehead atoms. The summed E-state index contributed by atoms with van der Waals surface area (Å²) in [4.78, 5) is 25.6. The Bertz CT molecular complexity index is 1330. The Balaban J connectivity index is 1.58. The van der Waals surface area contributed by atoms with E-state index in [1.165, 1.54) is 6.07 Å². The van der Waals surface area contributed by atoms with Gasteiger partial charge in [-0.2, -0.15) is 0 Å². The normalized spacial score (nSPS) is 20.8. The number of rotatable bonds is 3. The first kappa shape index (κ1) is 20.1. The van der Waals surface area contributed by atoms with Crippen LogP contribution in [-0.4, -0.2) is 22.0 Å². The molecule has 0 amide bonds. The Hall–Kier alpha value is -3.86. The number of carboxylic acids is 1. The molecular weight excluding hydrogens is 402 g/mol. The largest absolute Gasteiger partial charge is 0.508 e. The third-order valence-electron chi connectivity index (χ3n) is 6.51. The van der Waals surface area contributed by atoms with Gasteiger partial charge in [0.25, 0.3) is 0 Å². The number of benzene rings is 3. The van der Waals surface area contributed by atoms with Crippen LogP contribution >= 0.6 is 0 Å². The van der Waals surface area contributed by atoms with Gasteiger partial charge in [-0.15, -0.1) is 0 Å². The Kier molecular flexibility index (Phi) is 4.82. The summed E-state index contributed by atoms with van der Waals surface area (Å²) >= 11 is 0. The summed E-state index contributed by atoms with van der Waals surface area (Å²) in [5, 5.41) is 25.4. The van der Waals surface area contributed by atoms with Gasteiger partial charge in [-0.1, -0.05) is 54.6 Å². The highest BCUT2D eigenvalue weighted by molar-refractivity contribution is 6.04. The number of aliphatic carboxylic acids is 1. The van der Waals surface area contributed by atoms with Gasteiger partial charge in [0, 0.05) is 29.3 Å². The molecule has 2 atom stereocenters. The van der Waals surface area contributed by atoms with E-state index in [2.05, 4.69) is 35.6 Å². The zero-order valence-electron chi connectivity index (χ0n) is 17.6. The Morgan fingerprint density at radius 1 is 0.938 bits per heavy atom. The van der Waals surface area contributed by atoms with Crippen molar-refractivity contribution in [3.8, 4) is 5.75 Å². The summed E-state index contributed by atoms with van der Waals surface area (Å²) in [5.74, 6) is -1.78. The molecular formula is C27H23NO4. The molecule has 3 aromatic rings. The van der Waals surface area contributed by atoms with Crippen molar-refractivity contribution in [1.29, 1.82) is 0 Å². The fourth-order valence-corrected chi connectivity index (χ4v) is 5.06. The molecule has 2 aliphatic rings. The minimum Gasteiger partial charge on any atom is -0.508 e. The first-order valence-electron chi connectivity index (χ1n) is 10.7. The number of allylic oxidation sites excluding steroid dienone is 3. The Labute approximate surface area is 185 Å². The number of carboxylic acid groups (broad SMARTS) is 1. The number of Topliss-reactive ketones (excluding diaryl/α,β-unsaturated/α-hetero) is 1. The molecule has 0 spiro atoms. The number of nitrogens with one attached hydrogen (secondary N) is 1. The lowest BCUT2D eigenvalue weighted by Gasteiger charge is -2.36. The third kappa shape index (κ3) is 3.36. The number of fused-ring (bicyclic) bond motifs is 1. The van der Waals surface area contributed by atoms with E-state index in [0.29, 0.717) is 29.7 Å². The average Bonchev–Trinajstić information content (AvgIpc) is 2.77.